The van der Waals surface area contributed by atoms with E-state index in [4.69, 9.17) is 19.1 Å². The lowest BCUT2D eigenvalue weighted by Gasteiger charge is -2.39. The van der Waals surface area contributed by atoms with Gasteiger partial charge in [0, 0.05) is 13.1 Å². The highest BCUT2D eigenvalue weighted by atomic mass is 32.2. The van der Waals surface area contributed by atoms with Crippen molar-refractivity contribution in [1.29, 1.82) is 0 Å². The van der Waals surface area contributed by atoms with Gasteiger partial charge in [-0.15, -0.1) is 0 Å². The van der Waals surface area contributed by atoms with E-state index in [9.17, 15) is 28.5 Å². The summed E-state index contributed by atoms with van der Waals surface area (Å²) >= 11 is 0. The third-order valence-electron chi connectivity index (χ3n) is 3.38. The second kappa shape index (κ2) is 10.2. The topological polar surface area (TPSA) is 195 Å². The van der Waals surface area contributed by atoms with E-state index in [1.807, 2.05) is 0 Å². The van der Waals surface area contributed by atoms with Crippen molar-refractivity contribution >= 4 is 16.1 Å². The molecule has 7 N–H and O–H groups in total. The fraction of sp³-hybridized carbons (Fsp3) is 0.917. The number of rotatable bonds is 9. The van der Waals surface area contributed by atoms with Crippen molar-refractivity contribution in [3.63, 3.8) is 0 Å². The fourth-order valence-corrected chi connectivity index (χ4v) is 2.57. The number of hydrogen-bond acceptors (Lipinski definition) is 9. The molecule has 0 aromatic heterocycles. The summed E-state index contributed by atoms with van der Waals surface area (Å²) in [6.45, 7) is -0.617. The van der Waals surface area contributed by atoms with Gasteiger partial charge in [-0.1, -0.05) is 0 Å². The molecule has 1 fully saturated rings. The summed E-state index contributed by atoms with van der Waals surface area (Å²) in [6, 6.07) is -0.590. The zero-order valence-corrected chi connectivity index (χ0v) is 14.1. The van der Waals surface area contributed by atoms with Crippen molar-refractivity contribution in [3.8, 4) is 0 Å². The average Bonchev–Trinajstić information content (AvgIpc) is 2.54. The molecule has 0 radical (unpaired) electrons. The van der Waals surface area contributed by atoms with Crippen LogP contribution in [0.1, 0.15) is 6.42 Å². The number of ether oxygens (including phenoxy) is 2. The van der Waals surface area contributed by atoms with Gasteiger partial charge in [-0.2, -0.15) is 8.42 Å². The van der Waals surface area contributed by atoms with E-state index in [2.05, 4.69) is 10.6 Å². The molecular weight excluding hydrogens is 364 g/mol. The van der Waals surface area contributed by atoms with Crippen LogP contribution in [0.25, 0.3) is 0 Å². The Morgan fingerprint density at radius 1 is 1.08 bits per heavy atom. The molecule has 1 heterocycles. The summed E-state index contributed by atoms with van der Waals surface area (Å²) in [5, 5.41) is 42.7. The number of aliphatic hydroxyl groups excluding tert-OH is 4. The van der Waals surface area contributed by atoms with Crippen molar-refractivity contribution < 1.29 is 47.7 Å². The second-order valence-electron chi connectivity index (χ2n) is 5.39. The summed E-state index contributed by atoms with van der Waals surface area (Å²) in [5.41, 5.74) is 0. The molecule has 0 aliphatic carbocycles. The molecule has 2 amide bonds. The Labute approximate surface area is 144 Å². The van der Waals surface area contributed by atoms with Gasteiger partial charge in [-0.3, -0.25) is 4.55 Å². The lowest BCUT2D eigenvalue weighted by atomic mass is 9.99. The lowest BCUT2D eigenvalue weighted by molar-refractivity contribution is -0.300. The quantitative estimate of drug-likeness (QED) is 0.153. The Morgan fingerprint density at radius 3 is 2.32 bits per heavy atom. The number of carbonyl (C=O) groups is 1. The van der Waals surface area contributed by atoms with E-state index in [-0.39, 0.29) is 26.1 Å². The number of urea groups is 1. The summed E-state index contributed by atoms with van der Waals surface area (Å²) in [5.74, 6) is -0.465. The minimum Gasteiger partial charge on any atom is -0.394 e. The molecule has 0 saturated carbocycles. The predicted octanol–water partition coefficient (Wildman–Crippen LogP) is -3.62. The van der Waals surface area contributed by atoms with Crippen LogP contribution in [-0.4, -0.2) is 102 Å². The van der Waals surface area contributed by atoms with Gasteiger partial charge < -0.3 is 40.5 Å². The third-order valence-corrected chi connectivity index (χ3v) is 4.19. The molecule has 1 saturated heterocycles. The molecule has 0 spiro atoms. The van der Waals surface area contributed by atoms with Crippen LogP contribution in [0.2, 0.25) is 0 Å². The van der Waals surface area contributed by atoms with Crippen LogP contribution in [0.4, 0.5) is 4.79 Å². The second-order valence-corrected chi connectivity index (χ2v) is 6.96. The Kier molecular flexibility index (Phi) is 8.95. The molecule has 1 aliphatic rings. The first kappa shape index (κ1) is 22.0. The minimum absolute atomic E-state index is 0.0130. The Balaban J connectivity index is 2.20. The molecule has 12 nitrogen and oxygen atoms in total. The average molecular weight is 388 g/mol. The van der Waals surface area contributed by atoms with Crippen molar-refractivity contribution in [3.05, 3.63) is 0 Å². The molecule has 1 aliphatic heterocycles. The maximum atomic E-state index is 11.4. The van der Waals surface area contributed by atoms with Crippen LogP contribution in [0.5, 0.6) is 0 Å². The first-order chi connectivity index (χ1) is 11.7. The maximum Gasteiger partial charge on any atom is 0.314 e. The van der Waals surface area contributed by atoms with Crippen LogP contribution < -0.4 is 10.6 Å². The first-order valence-electron chi connectivity index (χ1n) is 7.54. The molecule has 148 valence electrons. The molecule has 0 aromatic carbocycles. The smallest absolute Gasteiger partial charge is 0.314 e. The summed E-state index contributed by atoms with van der Waals surface area (Å²) in [7, 11) is -4.06. The number of nitrogens with one attached hydrogen (secondary N) is 2. The molecule has 25 heavy (non-hydrogen) atoms. The molecule has 0 bridgehead atoms. The normalized spacial score (nSPS) is 30.0. The van der Waals surface area contributed by atoms with Crippen molar-refractivity contribution in [2.75, 3.05) is 32.1 Å². The summed E-state index contributed by atoms with van der Waals surface area (Å²) in [6.07, 6.45) is -6.86. The SMILES string of the molecule is O=C(NCCCS(=O)(=O)O)NCCO[C@@H]1O[C@H](CO)[C@@H](O)[C@H](O)C1O. The number of hydrogen-bond donors (Lipinski definition) is 7. The van der Waals surface area contributed by atoms with E-state index in [1.165, 1.54) is 0 Å². The molecule has 5 atom stereocenters. The Hall–Kier alpha value is -1.06. The maximum absolute atomic E-state index is 11.4. The lowest BCUT2D eigenvalue weighted by Crippen LogP contribution is -2.59. The summed E-state index contributed by atoms with van der Waals surface area (Å²) in [4.78, 5) is 11.4. The number of aliphatic hydroxyl groups is 4. The predicted molar refractivity (Wildman–Crippen MR) is 82.2 cm³/mol. The minimum atomic E-state index is -4.06. The Bertz CT molecular complexity index is 514. The largest absolute Gasteiger partial charge is 0.394 e. The van der Waals surface area contributed by atoms with Crippen LogP contribution in [0.3, 0.4) is 0 Å². The highest BCUT2D eigenvalue weighted by molar-refractivity contribution is 7.85. The van der Waals surface area contributed by atoms with E-state index in [1.54, 1.807) is 0 Å². The zero-order chi connectivity index (χ0) is 19.0. The van der Waals surface area contributed by atoms with Gasteiger partial charge in [-0.25, -0.2) is 4.79 Å². The van der Waals surface area contributed by atoms with E-state index < -0.39 is 59.2 Å². The van der Waals surface area contributed by atoms with Gasteiger partial charge in [0.15, 0.2) is 6.29 Å². The van der Waals surface area contributed by atoms with E-state index >= 15 is 0 Å². The molecule has 13 heteroatoms. The van der Waals surface area contributed by atoms with Crippen LogP contribution >= 0.6 is 0 Å². The van der Waals surface area contributed by atoms with Crippen molar-refractivity contribution in [2.24, 2.45) is 0 Å². The Morgan fingerprint density at radius 2 is 1.72 bits per heavy atom. The van der Waals surface area contributed by atoms with Crippen LogP contribution in [-0.2, 0) is 19.6 Å². The van der Waals surface area contributed by atoms with Gasteiger partial charge >= 0.3 is 6.03 Å². The first-order valence-corrected chi connectivity index (χ1v) is 9.15. The van der Waals surface area contributed by atoms with Gasteiger partial charge in [0.2, 0.25) is 0 Å². The number of amides is 2. The standard InChI is InChI=1S/C12H24N2O10S/c15-6-7-8(16)9(17)10(18)11(24-7)23-4-3-14-12(19)13-2-1-5-25(20,21)22/h7-11,15-18H,1-6H2,(H2,13,14,19)(H,20,21,22)/t7-,8-,9+,10?,11-/m1/s1. The van der Waals surface area contributed by atoms with Crippen molar-refractivity contribution in [1.82, 2.24) is 10.6 Å². The zero-order valence-electron chi connectivity index (χ0n) is 13.3. The summed E-state index contributed by atoms with van der Waals surface area (Å²) < 4.78 is 39.7. The molecule has 0 aromatic rings. The van der Waals surface area contributed by atoms with Crippen LogP contribution in [0.15, 0.2) is 0 Å². The van der Waals surface area contributed by atoms with Gasteiger partial charge in [-0.05, 0) is 6.42 Å². The van der Waals surface area contributed by atoms with Gasteiger partial charge in [0.25, 0.3) is 10.1 Å². The fourth-order valence-electron chi connectivity index (χ4n) is 2.06. The molecule has 1 unspecified atom stereocenters. The highest BCUT2D eigenvalue weighted by Crippen LogP contribution is 2.21. The monoisotopic (exact) mass is 388 g/mol. The molecule has 1 rings (SSSR count). The molecular formula is C12H24N2O10S. The number of carbonyl (C=O) groups excluding carboxylic acids is 1. The van der Waals surface area contributed by atoms with E-state index in [0.29, 0.717) is 0 Å². The van der Waals surface area contributed by atoms with Crippen molar-refractivity contribution in [2.45, 2.75) is 37.1 Å². The van der Waals surface area contributed by atoms with Gasteiger partial charge in [0.05, 0.1) is 19.0 Å². The third kappa shape index (κ3) is 7.79. The highest BCUT2D eigenvalue weighted by Gasteiger charge is 2.43. The van der Waals surface area contributed by atoms with Crippen LogP contribution in [0, 0.1) is 0 Å². The van der Waals surface area contributed by atoms with Gasteiger partial charge in [0.1, 0.15) is 24.4 Å². The van der Waals surface area contributed by atoms with E-state index in [0.717, 1.165) is 0 Å².